The lowest BCUT2D eigenvalue weighted by Gasteiger charge is -2.19. The third kappa shape index (κ3) is 3.19. The zero-order chi connectivity index (χ0) is 17.2. The van der Waals surface area contributed by atoms with Crippen molar-refractivity contribution in [2.24, 2.45) is 5.92 Å². The minimum atomic E-state index is -0.411. The maximum absolute atomic E-state index is 10.5. The number of fused-ring (bicyclic) bond motifs is 1. The molecule has 6 nitrogen and oxygen atoms in total. The van der Waals surface area contributed by atoms with Crippen LogP contribution < -0.4 is 5.32 Å². The van der Waals surface area contributed by atoms with Gasteiger partial charge in [0, 0.05) is 30.0 Å². The highest BCUT2D eigenvalue weighted by Crippen LogP contribution is 2.32. The van der Waals surface area contributed by atoms with Crippen LogP contribution in [0.15, 0.2) is 49.1 Å². The maximum atomic E-state index is 10.5. The molecule has 0 spiro atoms. The number of nitrogens with one attached hydrogen (secondary N) is 1. The maximum Gasteiger partial charge on any atom is 0.143 e. The van der Waals surface area contributed by atoms with Gasteiger partial charge in [0.1, 0.15) is 11.8 Å². The smallest absolute Gasteiger partial charge is 0.143 e. The molecule has 1 saturated carbocycles. The second kappa shape index (κ2) is 6.54. The minimum Gasteiger partial charge on any atom is -0.391 e. The van der Waals surface area contributed by atoms with Gasteiger partial charge in [-0.3, -0.25) is 0 Å². The monoisotopic (exact) mass is 333 g/mol. The van der Waals surface area contributed by atoms with Gasteiger partial charge in [0.2, 0.25) is 0 Å². The first kappa shape index (κ1) is 15.6. The normalized spacial score (nSPS) is 22.8. The average molecular weight is 333 g/mol. The van der Waals surface area contributed by atoms with Gasteiger partial charge >= 0.3 is 0 Å². The number of aromatic nitrogens is 3. The molecule has 0 bridgehead atoms. The quantitative estimate of drug-likeness (QED) is 0.766. The van der Waals surface area contributed by atoms with E-state index in [2.05, 4.69) is 25.9 Å². The Bertz CT molecular complexity index is 915. The first-order chi connectivity index (χ1) is 12.2. The number of rotatable bonds is 4. The van der Waals surface area contributed by atoms with E-state index in [0.29, 0.717) is 11.6 Å². The fraction of sp³-hybridized carbons (Fsp3) is 0.316. The molecule has 0 aliphatic heterocycles. The zero-order valence-corrected chi connectivity index (χ0v) is 13.7. The number of imidazole rings is 1. The molecule has 1 aliphatic rings. The largest absolute Gasteiger partial charge is 0.391 e. The number of para-hydroxylation sites is 1. The van der Waals surface area contributed by atoms with E-state index in [1.807, 2.05) is 36.8 Å². The lowest BCUT2D eigenvalue weighted by atomic mass is 10.1. The Morgan fingerprint density at radius 1 is 1.32 bits per heavy atom. The highest BCUT2D eigenvalue weighted by Gasteiger charge is 2.33. The summed E-state index contributed by atoms with van der Waals surface area (Å²) >= 11 is 0. The predicted octanol–water partition coefficient (Wildman–Crippen LogP) is 2.55. The predicted molar refractivity (Wildman–Crippen MR) is 94.8 cm³/mol. The van der Waals surface area contributed by atoms with E-state index >= 15 is 0 Å². The van der Waals surface area contributed by atoms with E-state index < -0.39 is 6.10 Å². The molecule has 3 atom stereocenters. The summed E-state index contributed by atoms with van der Waals surface area (Å²) in [6, 6.07) is 11.6. The van der Waals surface area contributed by atoms with Gasteiger partial charge in [-0.05, 0) is 30.9 Å². The van der Waals surface area contributed by atoms with E-state index in [-0.39, 0.29) is 6.04 Å². The molecule has 2 heterocycles. The molecule has 1 unspecified atom stereocenters. The molecule has 1 aromatic carbocycles. The molecule has 0 radical (unpaired) electrons. The van der Waals surface area contributed by atoms with Crippen molar-refractivity contribution in [3.63, 3.8) is 0 Å². The van der Waals surface area contributed by atoms with Crippen molar-refractivity contribution in [2.75, 3.05) is 5.32 Å². The van der Waals surface area contributed by atoms with Crippen LogP contribution >= 0.6 is 0 Å². The molecule has 0 amide bonds. The van der Waals surface area contributed by atoms with Crippen LogP contribution in [-0.4, -0.2) is 31.8 Å². The summed E-state index contributed by atoms with van der Waals surface area (Å²) in [5.41, 5.74) is 2.02. The fourth-order valence-electron chi connectivity index (χ4n) is 3.67. The second-order valence-electron chi connectivity index (χ2n) is 6.60. The van der Waals surface area contributed by atoms with E-state index in [9.17, 15) is 10.4 Å². The SMILES string of the molecule is N#Cc1cc(N[C@@H]2CC(Cn3ccnc3)C[C@H]2O)c2ccccc2n1. The Hall–Kier alpha value is -2.91. The summed E-state index contributed by atoms with van der Waals surface area (Å²) in [7, 11) is 0. The van der Waals surface area contributed by atoms with Crippen LogP contribution in [0.25, 0.3) is 10.9 Å². The highest BCUT2D eigenvalue weighted by atomic mass is 16.3. The van der Waals surface area contributed by atoms with Crippen molar-refractivity contribution in [3.05, 3.63) is 54.7 Å². The van der Waals surface area contributed by atoms with Gasteiger partial charge in [-0.1, -0.05) is 18.2 Å². The molecule has 6 heteroatoms. The van der Waals surface area contributed by atoms with Crippen molar-refractivity contribution in [1.29, 1.82) is 5.26 Å². The number of pyridine rings is 1. The molecular formula is C19H19N5O. The molecule has 2 aromatic heterocycles. The average Bonchev–Trinajstić information content (AvgIpc) is 3.25. The molecule has 3 aromatic rings. The molecule has 2 N–H and O–H groups in total. The molecule has 0 saturated heterocycles. The standard InChI is InChI=1S/C19H19N5O/c20-10-14-9-17(15-3-1-2-4-16(15)22-14)23-18-7-13(8-19(18)25)11-24-6-5-21-12-24/h1-6,9,12-13,18-19,25H,7-8,11H2,(H,22,23)/t13?,18-,19-/m1/s1. The van der Waals surface area contributed by atoms with Crippen LogP contribution in [0.1, 0.15) is 18.5 Å². The Kier molecular flexibility index (Phi) is 4.08. The van der Waals surface area contributed by atoms with E-state index in [0.717, 1.165) is 36.0 Å². The van der Waals surface area contributed by atoms with Gasteiger partial charge in [0.15, 0.2) is 0 Å². The van der Waals surface area contributed by atoms with Crippen LogP contribution in [0.3, 0.4) is 0 Å². The van der Waals surface area contributed by atoms with E-state index in [1.54, 1.807) is 12.3 Å². The molecule has 25 heavy (non-hydrogen) atoms. The van der Waals surface area contributed by atoms with Crippen molar-refractivity contribution in [3.8, 4) is 6.07 Å². The molecule has 1 aliphatic carbocycles. The Labute approximate surface area is 145 Å². The van der Waals surface area contributed by atoms with Crippen molar-refractivity contribution < 1.29 is 5.11 Å². The molecule has 4 rings (SSSR count). The summed E-state index contributed by atoms with van der Waals surface area (Å²) < 4.78 is 2.05. The first-order valence-corrected chi connectivity index (χ1v) is 8.43. The fourth-order valence-corrected chi connectivity index (χ4v) is 3.67. The van der Waals surface area contributed by atoms with Gasteiger partial charge in [-0.2, -0.15) is 5.26 Å². The van der Waals surface area contributed by atoms with Crippen LogP contribution in [-0.2, 0) is 6.54 Å². The van der Waals surface area contributed by atoms with E-state index in [1.165, 1.54) is 0 Å². The Morgan fingerprint density at radius 3 is 3.00 bits per heavy atom. The van der Waals surface area contributed by atoms with Crippen LogP contribution in [0.2, 0.25) is 0 Å². The number of benzene rings is 1. The third-order valence-electron chi connectivity index (χ3n) is 4.83. The van der Waals surface area contributed by atoms with Crippen molar-refractivity contribution in [1.82, 2.24) is 14.5 Å². The number of hydrogen-bond donors (Lipinski definition) is 2. The second-order valence-corrected chi connectivity index (χ2v) is 6.60. The number of hydrogen-bond acceptors (Lipinski definition) is 5. The van der Waals surface area contributed by atoms with Gasteiger partial charge in [0.05, 0.1) is 24.0 Å². The first-order valence-electron chi connectivity index (χ1n) is 8.43. The summed E-state index contributed by atoms with van der Waals surface area (Å²) in [5, 5.41) is 24.1. The minimum absolute atomic E-state index is 0.0362. The lowest BCUT2D eigenvalue weighted by Crippen LogP contribution is -2.28. The third-order valence-corrected chi connectivity index (χ3v) is 4.83. The number of nitriles is 1. The van der Waals surface area contributed by atoms with Crippen LogP contribution in [0.5, 0.6) is 0 Å². The van der Waals surface area contributed by atoms with Crippen LogP contribution in [0.4, 0.5) is 5.69 Å². The van der Waals surface area contributed by atoms with Crippen LogP contribution in [0, 0.1) is 17.2 Å². The molecule has 1 fully saturated rings. The van der Waals surface area contributed by atoms with Gasteiger partial charge in [0.25, 0.3) is 0 Å². The summed E-state index contributed by atoms with van der Waals surface area (Å²) in [5.74, 6) is 0.394. The molecular weight excluding hydrogens is 314 g/mol. The van der Waals surface area contributed by atoms with Gasteiger partial charge < -0.3 is 15.0 Å². The van der Waals surface area contributed by atoms with Crippen molar-refractivity contribution >= 4 is 16.6 Å². The number of aliphatic hydroxyl groups excluding tert-OH is 1. The lowest BCUT2D eigenvalue weighted by molar-refractivity contribution is 0.166. The summed E-state index contributed by atoms with van der Waals surface area (Å²) in [4.78, 5) is 8.41. The summed E-state index contributed by atoms with van der Waals surface area (Å²) in [6.45, 7) is 0.857. The topological polar surface area (TPSA) is 86.8 Å². The Morgan fingerprint density at radius 2 is 2.20 bits per heavy atom. The van der Waals surface area contributed by atoms with Gasteiger partial charge in [-0.25, -0.2) is 9.97 Å². The Balaban J connectivity index is 1.56. The number of aliphatic hydroxyl groups is 1. The van der Waals surface area contributed by atoms with Gasteiger partial charge in [-0.15, -0.1) is 0 Å². The number of anilines is 1. The zero-order valence-electron chi connectivity index (χ0n) is 13.7. The van der Waals surface area contributed by atoms with E-state index in [4.69, 9.17) is 0 Å². The van der Waals surface area contributed by atoms with Crippen molar-refractivity contribution in [2.45, 2.75) is 31.5 Å². The number of nitrogens with zero attached hydrogens (tertiary/aromatic N) is 4. The highest BCUT2D eigenvalue weighted by molar-refractivity contribution is 5.91. The molecule has 126 valence electrons. The summed E-state index contributed by atoms with van der Waals surface area (Å²) in [6.07, 6.45) is 6.74.